The van der Waals surface area contributed by atoms with Crippen LogP contribution in [-0.4, -0.2) is 28.8 Å². The van der Waals surface area contributed by atoms with E-state index in [1.807, 2.05) is 69.4 Å². The Kier molecular flexibility index (Phi) is 4.77. The van der Waals surface area contributed by atoms with Gasteiger partial charge in [0.15, 0.2) is 5.69 Å². The number of anilines is 1. The van der Waals surface area contributed by atoms with Crippen LogP contribution < -0.4 is 14.4 Å². The summed E-state index contributed by atoms with van der Waals surface area (Å²) in [6.45, 7) is 5.24. The molecule has 0 N–H and O–H groups in total. The Labute approximate surface area is 164 Å². The highest BCUT2D eigenvalue weighted by Crippen LogP contribution is 2.39. The Hall–Kier alpha value is -3.28. The van der Waals surface area contributed by atoms with Gasteiger partial charge in [-0.2, -0.15) is 5.10 Å². The zero-order chi connectivity index (χ0) is 19.7. The summed E-state index contributed by atoms with van der Waals surface area (Å²) in [6, 6.07) is 15.4. The third kappa shape index (κ3) is 2.91. The molecule has 6 heteroatoms. The topological polar surface area (TPSA) is 56.6 Å². The SMILES string of the molecule is CCOc1ccccc1N(CC)C(=O)c1nn(C)c2c1COc1ccccc1-2. The first kappa shape index (κ1) is 18.1. The van der Waals surface area contributed by atoms with Crippen LogP contribution in [0.1, 0.15) is 29.9 Å². The molecule has 6 nitrogen and oxygen atoms in total. The molecule has 144 valence electrons. The van der Waals surface area contributed by atoms with Gasteiger partial charge in [0.05, 0.1) is 18.0 Å². The van der Waals surface area contributed by atoms with Crippen LogP contribution in [0.5, 0.6) is 11.5 Å². The maximum atomic E-state index is 13.5. The number of fused-ring (bicyclic) bond motifs is 3. The molecule has 0 saturated carbocycles. The first-order valence-corrected chi connectivity index (χ1v) is 9.47. The summed E-state index contributed by atoms with van der Waals surface area (Å²) in [5, 5.41) is 4.57. The van der Waals surface area contributed by atoms with Crippen LogP contribution in [0.25, 0.3) is 11.3 Å². The second-order valence-electron chi connectivity index (χ2n) is 6.53. The highest BCUT2D eigenvalue weighted by molar-refractivity contribution is 6.07. The summed E-state index contributed by atoms with van der Waals surface area (Å²) in [5.41, 5.74) is 3.86. The minimum atomic E-state index is -0.158. The number of nitrogens with zero attached hydrogens (tertiary/aromatic N) is 3. The number of para-hydroxylation sites is 3. The summed E-state index contributed by atoms with van der Waals surface area (Å²) in [7, 11) is 1.86. The molecule has 28 heavy (non-hydrogen) atoms. The second-order valence-corrected chi connectivity index (χ2v) is 6.53. The summed E-state index contributed by atoms with van der Waals surface area (Å²) < 4.78 is 13.4. The van der Waals surface area contributed by atoms with Crippen molar-refractivity contribution in [2.75, 3.05) is 18.1 Å². The number of carbonyl (C=O) groups excluding carboxylic acids is 1. The Morgan fingerprint density at radius 1 is 1.18 bits per heavy atom. The lowest BCUT2D eigenvalue weighted by Gasteiger charge is -2.24. The number of rotatable bonds is 5. The van der Waals surface area contributed by atoms with Crippen molar-refractivity contribution in [3.8, 4) is 22.8 Å². The third-order valence-electron chi connectivity index (χ3n) is 4.88. The van der Waals surface area contributed by atoms with Crippen molar-refractivity contribution in [3.05, 3.63) is 59.8 Å². The van der Waals surface area contributed by atoms with Crippen molar-refractivity contribution < 1.29 is 14.3 Å². The number of ether oxygens (including phenoxy) is 2. The van der Waals surface area contributed by atoms with Gasteiger partial charge < -0.3 is 14.4 Å². The largest absolute Gasteiger partial charge is 0.492 e. The molecule has 3 aromatic rings. The van der Waals surface area contributed by atoms with E-state index in [-0.39, 0.29) is 5.91 Å². The average Bonchev–Trinajstić information content (AvgIpc) is 3.07. The van der Waals surface area contributed by atoms with Crippen LogP contribution in [0.3, 0.4) is 0 Å². The molecule has 0 bridgehead atoms. The van der Waals surface area contributed by atoms with Crippen LogP contribution in [0.15, 0.2) is 48.5 Å². The van der Waals surface area contributed by atoms with E-state index in [9.17, 15) is 4.79 Å². The van der Waals surface area contributed by atoms with Crippen molar-refractivity contribution in [2.45, 2.75) is 20.5 Å². The Balaban J connectivity index is 1.78. The first-order valence-electron chi connectivity index (χ1n) is 9.47. The molecule has 2 heterocycles. The average molecular weight is 377 g/mol. The van der Waals surface area contributed by atoms with E-state index < -0.39 is 0 Å². The van der Waals surface area contributed by atoms with Gasteiger partial charge in [-0.3, -0.25) is 9.48 Å². The maximum absolute atomic E-state index is 13.5. The third-order valence-corrected chi connectivity index (χ3v) is 4.88. The summed E-state index contributed by atoms with van der Waals surface area (Å²) in [6.07, 6.45) is 0. The van der Waals surface area contributed by atoms with Crippen molar-refractivity contribution >= 4 is 11.6 Å². The number of benzene rings is 2. The lowest BCUT2D eigenvalue weighted by Crippen LogP contribution is -2.32. The molecular weight excluding hydrogens is 354 g/mol. The molecule has 0 unspecified atom stereocenters. The lowest BCUT2D eigenvalue weighted by molar-refractivity contribution is 0.0979. The Morgan fingerprint density at radius 2 is 1.93 bits per heavy atom. The van der Waals surface area contributed by atoms with E-state index in [4.69, 9.17) is 9.47 Å². The quantitative estimate of drug-likeness (QED) is 0.673. The van der Waals surface area contributed by atoms with Crippen molar-refractivity contribution in [1.82, 2.24) is 9.78 Å². The summed E-state index contributed by atoms with van der Waals surface area (Å²) in [5.74, 6) is 1.34. The molecule has 0 radical (unpaired) electrons. The molecule has 1 amide bonds. The van der Waals surface area contributed by atoms with Crippen LogP contribution in [0, 0.1) is 0 Å². The number of amides is 1. The zero-order valence-electron chi connectivity index (χ0n) is 16.3. The van der Waals surface area contributed by atoms with Gasteiger partial charge in [-0.25, -0.2) is 0 Å². The molecule has 0 spiro atoms. The normalized spacial score (nSPS) is 12.0. The van der Waals surface area contributed by atoms with E-state index in [1.165, 1.54) is 0 Å². The standard InChI is InChI=1S/C22H23N3O3/c1-4-25(17-11-7-9-13-19(17)27-5-2)22(26)20-16-14-28-18-12-8-6-10-15(18)21(16)24(3)23-20/h6-13H,4-5,14H2,1-3H3. The highest BCUT2D eigenvalue weighted by Gasteiger charge is 2.31. The van der Waals surface area contributed by atoms with E-state index in [0.29, 0.717) is 31.2 Å². The predicted molar refractivity (Wildman–Crippen MR) is 108 cm³/mol. The van der Waals surface area contributed by atoms with Crippen LogP contribution in [-0.2, 0) is 13.7 Å². The fraction of sp³-hybridized carbons (Fsp3) is 0.273. The predicted octanol–water partition coefficient (Wildman–Crippen LogP) is 4.04. The molecule has 4 rings (SSSR count). The van der Waals surface area contributed by atoms with Gasteiger partial charge in [0, 0.05) is 24.7 Å². The number of aryl methyl sites for hydroxylation is 1. The van der Waals surface area contributed by atoms with Gasteiger partial charge in [-0.15, -0.1) is 0 Å². The molecule has 0 saturated heterocycles. The van der Waals surface area contributed by atoms with E-state index in [0.717, 1.165) is 28.3 Å². The molecule has 1 aliphatic rings. The van der Waals surface area contributed by atoms with Gasteiger partial charge in [0.2, 0.25) is 0 Å². The Morgan fingerprint density at radius 3 is 2.71 bits per heavy atom. The number of hydrogen-bond donors (Lipinski definition) is 0. The zero-order valence-corrected chi connectivity index (χ0v) is 16.3. The molecule has 2 aromatic carbocycles. The van der Waals surface area contributed by atoms with Gasteiger partial charge in [0.1, 0.15) is 18.1 Å². The van der Waals surface area contributed by atoms with Gasteiger partial charge in [-0.1, -0.05) is 24.3 Å². The second kappa shape index (κ2) is 7.38. The van der Waals surface area contributed by atoms with Crippen LogP contribution >= 0.6 is 0 Å². The fourth-order valence-electron chi connectivity index (χ4n) is 3.66. The smallest absolute Gasteiger partial charge is 0.279 e. The Bertz CT molecular complexity index is 1030. The summed E-state index contributed by atoms with van der Waals surface area (Å²) >= 11 is 0. The highest BCUT2D eigenvalue weighted by atomic mass is 16.5. The maximum Gasteiger partial charge on any atom is 0.279 e. The van der Waals surface area contributed by atoms with Crippen molar-refractivity contribution in [2.24, 2.45) is 7.05 Å². The van der Waals surface area contributed by atoms with E-state index in [1.54, 1.807) is 9.58 Å². The minimum Gasteiger partial charge on any atom is -0.492 e. The molecular formula is C22H23N3O3. The van der Waals surface area contributed by atoms with E-state index in [2.05, 4.69) is 5.10 Å². The van der Waals surface area contributed by atoms with E-state index >= 15 is 0 Å². The van der Waals surface area contributed by atoms with Gasteiger partial charge in [-0.05, 0) is 38.1 Å². The monoisotopic (exact) mass is 377 g/mol. The van der Waals surface area contributed by atoms with Crippen LogP contribution in [0.2, 0.25) is 0 Å². The van der Waals surface area contributed by atoms with Gasteiger partial charge >= 0.3 is 0 Å². The molecule has 0 aliphatic carbocycles. The molecule has 1 aliphatic heterocycles. The molecule has 1 aromatic heterocycles. The first-order chi connectivity index (χ1) is 13.7. The molecule has 0 fully saturated rings. The van der Waals surface area contributed by atoms with Gasteiger partial charge in [0.25, 0.3) is 5.91 Å². The number of hydrogen-bond acceptors (Lipinski definition) is 4. The number of aromatic nitrogens is 2. The molecule has 0 atom stereocenters. The number of carbonyl (C=O) groups is 1. The summed E-state index contributed by atoms with van der Waals surface area (Å²) in [4.78, 5) is 15.2. The minimum absolute atomic E-state index is 0.158. The van der Waals surface area contributed by atoms with Crippen molar-refractivity contribution in [1.29, 1.82) is 0 Å². The lowest BCUT2D eigenvalue weighted by atomic mass is 10.0. The van der Waals surface area contributed by atoms with Crippen molar-refractivity contribution in [3.63, 3.8) is 0 Å². The fourth-order valence-corrected chi connectivity index (χ4v) is 3.66. The van der Waals surface area contributed by atoms with Crippen LogP contribution in [0.4, 0.5) is 5.69 Å².